The molecule has 1 N–H and O–H groups in total. The maximum absolute atomic E-state index is 12.0. The third kappa shape index (κ3) is 4.62. The highest BCUT2D eigenvalue weighted by molar-refractivity contribution is 5.94. The van der Waals surface area contributed by atoms with E-state index in [4.69, 9.17) is 4.74 Å². The van der Waals surface area contributed by atoms with Gasteiger partial charge in [0, 0.05) is 30.7 Å². The van der Waals surface area contributed by atoms with Crippen LogP contribution in [0.25, 0.3) is 0 Å². The van der Waals surface area contributed by atoms with Crippen LogP contribution in [-0.4, -0.2) is 42.6 Å². The number of benzene rings is 1. The minimum atomic E-state index is -0.205. The first-order valence-electron chi connectivity index (χ1n) is 7.16. The number of rotatable bonds is 3. The highest BCUT2D eigenvalue weighted by Crippen LogP contribution is 2.10. The van der Waals surface area contributed by atoms with E-state index in [1.807, 2.05) is 45.0 Å². The summed E-state index contributed by atoms with van der Waals surface area (Å²) in [7, 11) is 0. The van der Waals surface area contributed by atoms with Gasteiger partial charge in [-0.05, 0) is 38.5 Å². The van der Waals surface area contributed by atoms with Gasteiger partial charge in [0.1, 0.15) is 0 Å². The lowest BCUT2D eigenvalue weighted by molar-refractivity contribution is 0.0342. The Morgan fingerprint density at radius 2 is 1.80 bits per heavy atom. The molecule has 0 radical (unpaired) electrons. The number of carbonyl (C=O) groups excluding carboxylic acids is 1. The van der Waals surface area contributed by atoms with E-state index in [1.54, 1.807) is 0 Å². The molecule has 1 fully saturated rings. The van der Waals surface area contributed by atoms with Crippen molar-refractivity contribution < 1.29 is 9.53 Å². The standard InChI is InChI=1S/C16H24N2O2/c1-16(2,3)17-15(19)14-6-4-13(5-7-14)12-18-8-10-20-11-9-18/h4-7H,8-12H2,1-3H3,(H,17,19). The molecule has 1 amide bonds. The number of nitrogens with one attached hydrogen (secondary N) is 1. The number of hydrogen-bond acceptors (Lipinski definition) is 3. The maximum Gasteiger partial charge on any atom is 0.251 e. The molecule has 110 valence electrons. The van der Waals surface area contributed by atoms with E-state index in [2.05, 4.69) is 10.2 Å². The molecule has 1 aliphatic heterocycles. The zero-order valence-electron chi connectivity index (χ0n) is 12.6. The molecule has 0 spiro atoms. The summed E-state index contributed by atoms with van der Waals surface area (Å²) >= 11 is 0. The third-order valence-corrected chi connectivity index (χ3v) is 3.21. The molecule has 1 aliphatic rings. The van der Waals surface area contributed by atoms with Crippen molar-refractivity contribution in [2.45, 2.75) is 32.9 Å². The molecule has 0 unspecified atom stereocenters. The summed E-state index contributed by atoms with van der Waals surface area (Å²) in [5, 5.41) is 2.97. The van der Waals surface area contributed by atoms with Crippen LogP contribution in [0, 0.1) is 0 Å². The van der Waals surface area contributed by atoms with E-state index in [-0.39, 0.29) is 11.4 Å². The van der Waals surface area contributed by atoms with Crippen LogP contribution in [0.3, 0.4) is 0 Å². The summed E-state index contributed by atoms with van der Waals surface area (Å²) in [4.78, 5) is 14.4. The van der Waals surface area contributed by atoms with Gasteiger partial charge in [-0.25, -0.2) is 0 Å². The second-order valence-corrected chi connectivity index (χ2v) is 6.29. The summed E-state index contributed by atoms with van der Waals surface area (Å²) in [6.07, 6.45) is 0. The first kappa shape index (κ1) is 15.0. The molecule has 1 saturated heterocycles. The van der Waals surface area contributed by atoms with Crippen LogP contribution in [-0.2, 0) is 11.3 Å². The largest absolute Gasteiger partial charge is 0.379 e. The normalized spacial score (nSPS) is 16.9. The Hall–Kier alpha value is -1.39. The van der Waals surface area contributed by atoms with Gasteiger partial charge in [0.25, 0.3) is 5.91 Å². The predicted octanol–water partition coefficient (Wildman–Crippen LogP) is 2.05. The van der Waals surface area contributed by atoms with Gasteiger partial charge in [-0.15, -0.1) is 0 Å². The number of ether oxygens (including phenoxy) is 1. The molecule has 1 aromatic carbocycles. The lowest BCUT2D eigenvalue weighted by atomic mass is 10.1. The number of morpholine rings is 1. The number of carbonyl (C=O) groups is 1. The summed E-state index contributed by atoms with van der Waals surface area (Å²) in [6.45, 7) is 10.5. The molecule has 4 nitrogen and oxygen atoms in total. The van der Waals surface area contributed by atoms with Crippen LogP contribution in [0.1, 0.15) is 36.7 Å². The molecule has 0 atom stereocenters. The lowest BCUT2D eigenvalue weighted by Crippen LogP contribution is -2.40. The fourth-order valence-corrected chi connectivity index (χ4v) is 2.19. The first-order chi connectivity index (χ1) is 9.44. The number of nitrogens with zero attached hydrogens (tertiary/aromatic N) is 1. The van der Waals surface area contributed by atoms with Crippen LogP contribution >= 0.6 is 0 Å². The van der Waals surface area contributed by atoms with Crippen molar-refractivity contribution in [2.75, 3.05) is 26.3 Å². The minimum absolute atomic E-state index is 0.0181. The zero-order chi connectivity index (χ0) is 14.6. The fraction of sp³-hybridized carbons (Fsp3) is 0.562. The van der Waals surface area contributed by atoms with E-state index in [9.17, 15) is 4.79 Å². The number of hydrogen-bond donors (Lipinski definition) is 1. The molecule has 2 rings (SSSR count). The smallest absolute Gasteiger partial charge is 0.251 e. The Balaban J connectivity index is 1.93. The third-order valence-electron chi connectivity index (χ3n) is 3.21. The van der Waals surface area contributed by atoms with Crippen molar-refractivity contribution in [2.24, 2.45) is 0 Å². The summed E-state index contributed by atoms with van der Waals surface area (Å²) in [5.74, 6) is -0.0181. The van der Waals surface area contributed by atoms with Gasteiger partial charge in [0.05, 0.1) is 13.2 Å². The minimum Gasteiger partial charge on any atom is -0.379 e. The molecule has 1 aromatic rings. The van der Waals surface area contributed by atoms with Crippen LogP contribution in [0.15, 0.2) is 24.3 Å². The topological polar surface area (TPSA) is 41.6 Å². The van der Waals surface area contributed by atoms with Gasteiger partial charge in [-0.2, -0.15) is 0 Å². The average molecular weight is 276 g/mol. The first-order valence-corrected chi connectivity index (χ1v) is 7.16. The van der Waals surface area contributed by atoms with Gasteiger partial charge < -0.3 is 10.1 Å². The second kappa shape index (κ2) is 6.37. The van der Waals surface area contributed by atoms with Crippen molar-refractivity contribution in [1.29, 1.82) is 0 Å². The Kier molecular flexibility index (Phi) is 4.78. The molecule has 1 heterocycles. The monoisotopic (exact) mass is 276 g/mol. The van der Waals surface area contributed by atoms with Gasteiger partial charge in [0.15, 0.2) is 0 Å². The Bertz CT molecular complexity index is 443. The summed E-state index contributed by atoms with van der Waals surface area (Å²) in [6, 6.07) is 7.87. The Morgan fingerprint density at radius 3 is 2.35 bits per heavy atom. The zero-order valence-corrected chi connectivity index (χ0v) is 12.6. The van der Waals surface area contributed by atoms with E-state index in [0.717, 1.165) is 32.8 Å². The van der Waals surface area contributed by atoms with Crippen molar-refractivity contribution in [1.82, 2.24) is 10.2 Å². The van der Waals surface area contributed by atoms with Crippen molar-refractivity contribution in [3.63, 3.8) is 0 Å². The van der Waals surface area contributed by atoms with Crippen LogP contribution in [0.4, 0.5) is 0 Å². The number of amides is 1. The highest BCUT2D eigenvalue weighted by atomic mass is 16.5. The average Bonchev–Trinajstić information content (AvgIpc) is 2.39. The van der Waals surface area contributed by atoms with Crippen molar-refractivity contribution >= 4 is 5.91 Å². The molecular formula is C16H24N2O2. The van der Waals surface area contributed by atoms with E-state index >= 15 is 0 Å². The van der Waals surface area contributed by atoms with E-state index < -0.39 is 0 Å². The van der Waals surface area contributed by atoms with Gasteiger partial charge in [0.2, 0.25) is 0 Å². The van der Waals surface area contributed by atoms with Crippen LogP contribution in [0.5, 0.6) is 0 Å². The fourth-order valence-electron chi connectivity index (χ4n) is 2.19. The molecule has 20 heavy (non-hydrogen) atoms. The molecule has 0 aliphatic carbocycles. The Labute approximate surface area is 121 Å². The lowest BCUT2D eigenvalue weighted by Gasteiger charge is -2.26. The predicted molar refractivity (Wildman–Crippen MR) is 79.8 cm³/mol. The molecular weight excluding hydrogens is 252 g/mol. The van der Waals surface area contributed by atoms with Crippen LogP contribution in [0.2, 0.25) is 0 Å². The van der Waals surface area contributed by atoms with Crippen molar-refractivity contribution in [3.05, 3.63) is 35.4 Å². The molecule has 0 bridgehead atoms. The summed E-state index contributed by atoms with van der Waals surface area (Å²) in [5.41, 5.74) is 1.74. The van der Waals surface area contributed by atoms with Crippen molar-refractivity contribution in [3.8, 4) is 0 Å². The second-order valence-electron chi connectivity index (χ2n) is 6.29. The molecule has 0 aromatic heterocycles. The summed E-state index contributed by atoms with van der Waals surface area (Å²) < 4.78 is 5.34. The van der Waals surface area contributed by atoms with E-state index in [0.29, 0.717) is 5.56 Å². The SMILES string of the molecule is CC(C)(C)NC(=O)c1ccc(CN2CCOCC2)cc1. The van der Waals surface area contributed by atoms with Crippen LogP contribution < -0.4 is 5.32 Å². The van der Waals surface area contributed by atoms with Gasteiger partial charge >= 0.3 is 0 Å². The highest BCUT2D eigenvalue weighted by Gasteiger charge is 2.15. The molecule has 4 heteroatoms. The van der Waals surface area contributed by atoms with Gasteiger partial charge in [-0.1, -0.05) is 12.1 Å². The molecule has 0 saturated carbocycles. The van der Waals surface area contributed by atoms with E-state index in [1.165, 1.54) is 5.56 Å². The van der Waals surface area contributed by atoms with Gasteiger partial charge in [-0.3, -0.25) is 9.69 Å². The maximum atomic E-state index is 12.0. The Morgan fingerprint density at radius 1 is 1.20 bits per heavy atom. The quantitative estimate of drug-likeness (QED) is 0.918.